The maximum absolute atomic E-state index is 5.79. The maximum atomic E-state index is 5.79. The van der Waals surface area contributed by atoms with E-state index in [0.717, 1.165) is 21.5 Å². The van der Waals surface area contributed by atoms with E-state index in [1.807, 2.05) is 63.2 Å². The van der Waals surface area contributed by atoms with Crippen LogP contribution in [0, 0.1) is 0 Å². The summed E-state index contributed by atoms with van der Waals surface area (Å²) in [6.07, 6.45) is 1.83. The first-order chi connectivity index (χ1) is 11.1. The van der Waals surface area contributed by atoms with Crippen LogP contribution in [-0.2, 0) is 0 Å². The zero-order chi connectivity index (χ0) is 16.7. The number of hydrogen-bond acceptors (Lipinski definition) is 4. The predicted octanol–water partition coefficient (Wildman–Crippen LogP) is 5.08. The first-order valence-corrected chi connectivity index (χ1v) is 8.36. The van der Waals surface area contributed by atoms with Gasteiger partial charge in [0.15, 0.2) is 11.5 Å². The average Bonchev–Trinajstić information content (AvgIpc) is 2.52. The van der Waals surface area contributed by atoms with E-state index in [0.29, 0.717) is 12.4 Å². The van der Waals surface area contributed by atoms with Gasteiger partial charge in [-0.25, -0.2) is 0 Å². The molecule has 0 aromatic heterocycles. The first kappa shape index (κ1) is 17.3. The van der Waals surface area contributed by atoms with E-state index >= 15 is 0 Å². The van der Waals surface area contributed by atoms with Crippen LogP contribution in [0.5, 0.6) is 11.5 Å². The van der Waals surface area contributed by atoms with Crippen molar-refractivity contribution in [3.8, 4) is 11.5 Å². The highest BCUT2D eigenvalue weighted by molar-refractivity contribution is 9.10. The Morgan fingerprint density at radius 2 is 1.91 bits per heavy atom. The van der Waals surface area contributed by atoms with E-state index in [9.17, 15) is 0 Å². The summed E-state index contributed by atoms with van der Waals surface area (Å²) < 4.78 is 12.4. The number of ether oxygens (including phenoxy) is 2. The van der Waals surface area contributed by atoms with E-state index in [2.05, 4.69) is 26.5 Å². The van der Waals surface area contributed by atoms with Crippen LogP contribution in [0.1, 0.15) is 26.3 Å². The number of rotatable bonds is 7. The molecule has 0 aliphatic carbocycles. The fourth-order valence-electron chi connectivity index (χ4n) is 1.95. The summed E-state index contributed by atoms with van der Waals surface area (Å²) in [7, 11) is 0. The summed E-state index contributed by atoms with van der Waals surface area (Å²) >= 11 is 3.55. The Hall–Kier alpha value is -2.01. The number of nitrogens with one attached hydrogen (secondary N) is 1. The zero-order valence-electron chi connectivity index (χ0n) is 13.5. The first-order valence-electron chi connectivity index (χ1n) is 7.57. The van der Waals surface area contributed by atoms with Gasteiger partial charge in [0.2, 0.25) is 0 Å². The Balaban J connectivity index is 2.19. The minimum Gasteiger partial charge on any atom is -0.490 e. The van der Waals surface area contributed by atoms with Gasteiger partial charge in [0.25, 0.3) is 0 Å². The van der Waals surface area contributed by atoms with Crippen LogP contribution in [-0.4, -0.2) is 18.9 Å². The summed E-state index contributed by atoms with van der Waals surface area (Å²) in [5.41, 5.74) is 4.84. The molecule has 0 spiro atoms. The number of anilines is 1. The molecule has 0 atom stereocenters. The van der Waals surface area contributed by atoms with Crippen LogP contribution < -0.4 is 14.9 Å². The number of halogens is 1. The van der Waals surface area contributed by atoms with Crippen molar-refractivity contribution in [2.45, 2.75) is 26.9 Å². The molecule has 0 saturated carbocycles. The third-order valence-corrected chi connectivity index (χ3v) is 3.58. The van der Waals surface area contributed by atoms with E-state index in [1.54, 1.807) is 6.21 Å². The lowest BCUT2D eigenvalue weighted by Crippen LogP contribution is -2.08. The van der Waals surface area contributed by atoms with E-state index in [4.69, 9.17) is 9.47 Å². The number of hydrogen-bond donors (Lipinski definition) is 1. The van der Waals surface area contributed by atoms with Crippen molar-refractivity contribution in [2.75, 3.05) is 12.0 Å². The maximum Gasteiger partial charge on any atom is 0.162 e. The van der Waals surface area contributed by atoms with Crippen LogP contribution in [0.4, 0.5) is 5.69 Å². The molecular weight excluding hydrogens is 356 g/mol. The molecule has 122 valence electrons. The molecule has 2 aromatic rings. The average molecular weight is 377 g/mol. The number of benzene rings is 2. The summed E-state index contributed by atoms with van der Waals surface area (Å²) in [6.45, 7) is 6.51. The van der Waals surface area contributed by atoms with Crippen LogP contribution in [0.25, 0.3) is 0 Å². The van der Waals surface area contributed by atoms with Crippen molar-refractivity contribution in [3.05, 3.63) is 52.5 Å². The topological polar surface area (TPSA) is 42.8 Å². The summed E-state index contributed by atoms with van der Waals surface area (Å²) in [5.74, 6) is 1.44. The Labute approximate surface area is 145 Å². The van der Waals surface area contributed by atoms with Gasteiger partial charge >= 0.3 is 0 Å². The second kappa shape index (κ2) is 8.58. The molecule has 0 heterocycles. The molecule has 0 radical (unpaired) electrons. The molecule has 0 fully saturated rings. The van der Waals surface area contributed by atoms with Crippen molar-refractivity contribution < 1.29 is 9.47 Å². The molecule has 0 unspecified atom stereocenters. The van der Waals surface area contributed by atoms with Gasteiger partial charge in [0, 0.05) is 10.0 Å². The molecule has 0 amide bonds. The highest BCUT2D eigenvalue weighted by Gasteiger charge is 2.11. The lowest BCUT2D eigenvalue weighted by Gasteiger charge is -2.15. The van der Waals surface area contributed by atoms with Crippen molar-refractivity contribution in [1.29, 1.82) is 0 Å². The molecule has 2 aromatic carbocycles. The van der Waals surface area contributed by atoms with Gasteiger partial charge < -0.3 is 9.47 Å². The summed E-state index contributed by atoms with van der Waals surface area (Å²) in [5, 5.41) is 4.26. The van der Waals surface area contributed by atoms with Gasteiger partial charge in [-0.3, -0.25) is 5.43 Å². The molecule has 0 aliphatic heterocycles. The predicted molar refractivity (Wildman–Crippen MR) is 98.7 cm³/mol. The van der Waals surface area contributed by atoms with Gasteiger partial charge in [0.1, 0.15) is 0 Å². The van der Waals surface area contributed by atoms with Gasteiger partial charge in [-0.1, -0.05) is 18.2 Å². The standard InChI is InChI=1S/C18H21BrN2O2/c1-4-22-17-10-14(16(19)11-18(17)23-13(2)3)12-20-21-15-8-6-5-7-9-15/h5-13,21H,4H2,1-3H3. The van der Waals surface area contributed by atoms with Crippen molar-refractivity contribution in [2.24, 2.45) is 5.10 Å². The fraction of sp³-hybridized carbons (Fsp3) is 0.278. The summed E-state index contributed by atoms with van der Waals surface area (Å²) in [4.78, 5) is 0. The number of nitrogens with zero attached hydrogens (tertiary/aromatic N) is 1. The van der Waals surface area contributed by atoms with Crippen molar-refractivity contribution >= 4 is 27.8 Å². The molecule has 2 rings (SSSR count). The molecule has 1 N–H and O–H groups in total. The Bertz CT molecular complexity index is 658. The molecule has 0 aliphatic rings. The van der Waals surface area contributed by atoms with E-state index in [-0.39, 0.29) is 6.10 Å². The van der Waals surface area contributed by atoms with Crippen molar-refractivity contribution in [1.82, 2.24) is 0 Å². The third-order valence-electron chi connectivity index (χ3n) is 2.90. The molecule has 23 heavy (non-hydrogen) atoms. The Morgan fingerprint density at radius 1 is 1.17 bits per heavy atom. The van der Waals surface area contributed by atoms with Crippen LogP contribution in [0.2, 0.25) is 0 Å². The molecular formula is C18H21BrN2O2. The molecule has 4 nitrogen and oxygen atoms in total. The highest BCUT2D eigenvalue weighted by Crippen LogP contribution is 2.34. The normalized spacial score (nSPS) is 11.0. The van der Waals surface area contributed by atoms with Crippen LogP contribution in [0.15, 0.2) is 52.0 Å². The minimum absolute atomic E-state index is 0.0837. The number of para-hydroxylation sites is 1. The second-order valence-electron chi connectivity index (χ2n) is 5.16. The SMILES string of the molecule is CCOc1cc(C=NNc2ccccc2)c(Br)cc1OC(C)C. The monoisotopic (exact) mass is 376 g/mol. The van der Waals surface area contributed by atoms with Gasteiger partial charge in [-0.15, -0.1) is 0 Å². The van der Waals surface area contributed by atoms with Crippen LogP contribution >= 0.6 is 15.9 Å². The largest absolute Gasteiger partial charge is 0.490 e. The molecule has 0 bridgehead atoms. The quantitative estimate of drug-likeness (QED) is 0.541. The van der Waals surface area contributed by atoms with Gasteiger partial charge in [0.05, 0.1) is 24.6 Å². The van der Waals surface area contributed by atoms with E-state index in [1.165, 1.54) is 0 Å². The summed E-state index contributed by atoms with van der Waals surface area (Å²) in [6, 6.07) is 13.6. The molecule has 5 heteroatoms. The second-order valence-corrected chi connectivity index (χ2v) is 6.01. The lowest BCUT2D eigenvalue weighted by molar-refractivity contribution is 0.223. The van der Waals surface area contributed by atoms with Crippen LogP contribution in [0.3, 0.4) is 0 Å². The Morgan fingerprint density at radius 3 is 2.57 bits per heavy atom. The fourth-order valence-corrected chi connectivity index (χ4v) is 2.38. The van der Waals surface area contributed by atoms with Crippen molar-refractivity contribution in [3.63, 3.8) is 0 Å². The minimum atomic E-state index is 0.0837. The van der Waals surface area contributed by atoms with Gasteiger partial charge in [-0.2, -0.15) is 5.10 Å². The third kappa shape index (κ3) is 5.28. The Kier molecular flexibility index (Phi) is 6.47. The zero-order valence-corrected chi connectivity index (χ0v) is 15.1. The smallest absolute Gasteiger partial charge is 0.162 e. The highest BCUT2D eigenvalue weighted by atomic mass is 79.9. The van der Waals surface area contributed by atoms with Gasteiger partial charge in [-0.05, 0) is 61.0 Å². The van der Waals surface area contributed by atoms with E-state index < -0.39 is 0 Å². The number of hydrazone groups is 1. The molecule has 0 saturated heterocycles. The lowest BCUT2D eigenvalue weighted by atomic mass is 10.2.